The van der Waals surface area contributed by atoms with Crippen LogP contribution < -0.4 is 19.3 Å². The van der Waals surface area contributed by atoms with E-state index in [2.05, 4.69) is 4.90 Å². The van der Waals surface area contributed by atoms with Crippen molar-refractivity contribution in [2.24, 2.45) is 17.8 Å². The molecule has 2 saturated heterocycles. The van der Waals surface area contributed by atoms with E-state index in [4.69, 9.17) is 14.2 Å². The van der Waals surface area contributed by atoms with Crippen LogP contribution in [0.1, 0.15) is 31.2 Å². The van der Waals surface area contributed by atoms with Gasteiger partial charge in [0.15, 0.2) is 23.1 Å². The van der Waals surface area contributed by atoms with Gasteiger partial charge in [0, 0.05) is 41.4 Å². The highest BCUT2D eigenvalue weighted by atomic mass is 16.5. The molecule has 0 saturated carbocycles. The predicted molar refractivity (Wildman–Crippen MR) is 165 cm³/mol. The van der Waals surface area contributed by atoms with Crippen molar-refractivity contribution in [2.45, 2.75) is 25.7 Å². The van der Waals surface area contributed by atoms with Crippen LogP contribution in [0.4, 0.5) is 11.4 Å². The minimum absolute atomic E-state index is 0.156. The molecule has 4 unspecified atom stereocenters. The average molecular weight is 611 g/mol. The number of rotatable bonds is 5. The molecule has 10 nitrogen and oxygen atoms in total. The molecule has 2 heterocycles. The van der Waals surface area contributed by atoms with Crippen LogP contribution in [0.2, 0.25) is 0 Å². The van der Waals surface area contributed by atoms with Gasteiger partial charge in [-0.2, -0.15) is 0 Å². The molecule has 2 aliphatic heterocycles. The van der Waals surface area contributed by atoms with Crippen LogP contribution in [-0.4, -0.2) is 69.0 Å². The number of hydrogen-bond acceptors (Lipinski definition) is 9. The maximum atomic E-state index is 14.2. The molecule has 4 atom stereocenters. The normalized spacial score (nSPS) is 26.3. The Bertz CT molecular complexity index is 1700. The number of morpholine rings is 1. The Morgan fingerprint density at radius 1 is 0.889 bits per heavy atom. The van der Waals surface area contributed by atoms with Gasteiger partial charge in [0.2, 0.25) is 17.6 Å². The van der Waals surface area contributed by atoms with Gasteiger partial charge in [0.25, 0.3) is 0 Å². The molecule has 3 aliphatic carbocycles. The van der Waals surface area contributed by atoms with Crippen molar-refractivity contribution >= 4 is 34.8 Å². The quantitative estimate of drug-likeness (QED) is 0.305. The van der Waals surface area contributed by atoms with E-state index in [-0.39, 0.29) is 47.1 Å². The Balaban J connectivity index is 1.29. The number of benzene rings is 2. The van der Waals surface area contributed by atoms with E-state index in [1.54, 1.807) is 19.1 Å². The van der Waals surface area contributed by atoms with Gasteiger partial charge < -0.3 is 24.2 Å². The predicted octanol–water partition coefficient (Wildman–Crippen LogP) is 3.88. The first-order valence-electron chi connectivity index (χ1n) is 15.2. The van der Waals surface area contributed by atoms with Gasteiger partial charge in [-0.25, -0.2) is 0 Å². The Morgan fingerprint density at radius 2 is 1.53 bits per heavy atom. The van der Waals surface area contributed by atoms with Gasteiger partial charge in [0.1, 0.15) is 0 Å². The second-order valence-corrected chi connectivity index (χ2v) is 12.1. The fourth-order valence-corrected chi connectivity index (χ4v) is 7.71. The molecule has 7 rings (SSSR count). The number of fused-ring (bicyclic) bond motifs is 3. The van der Waals surface area contributed by atoms with Gasteiger partial charge in [0.05, 0.1) is 45.0 Å². The van der Waals surface area contributed by atoms with Crippen molar-refractivity contribution in [3.05, 3.63) is 76.4 Å². The molecule has 2 amide bonds. The van der Waals surface area contributed by atoms with Crippen molar-refractivity contribution in [1.29, 1.82) is 0 Å². The molecule has 2 aromatic carbocycles. The maximum Gasteiger partial charge on any atom is 0.238 e. The highest BCUT2D eigenvalue weighted by molar-refractivity contribution is 6.25. The number of phenols is 1. The zero-order chi connectivity index (χ0) is 31.6. The van der Waals surface area contributed by atoms with Crippen molar-refractivity contribution in [3.63, 3.8) is 0 Å². The SMILES string of the molecule is COc1cc(C2C3=CCC4C(=O)N(c5ccc(N6CCOCC6)cc5)C(=O)C4C3CC3=C2C(=O)C(C)=CC3=O)cc(OC)c1O. The summed E-state index contributed by atoms with van der Waals surface area (Å²) >= 11 is 0. The molecule has 2 fully saturated rings. The monoisotopic (exact) mass is 610 g/mol. The largest absolute Gasteiger partial charge is 0.502 e. The van der Waals surface area contributed by atoms with Crippen molar-refractivity contribution in [1.82, 2.24) is 0 Å². The van der Waals surface area contributed by atoms with Crippen LogP contribution in [0.25, 0.3) is 0 Å². The fraction of sp³-hybridized carbons (Fsp3) is 0.371. The van der Waals surface area contributed by atoms with E-state index in [9.17, 15) is 24.3 Å². The smallest absolute Gasteiger partial charge is 0.238 e. The number of ether oxygens (including phenoxy) is 3. The van der Waals surface area contributed by atoms with Crippen LogP contribution in [0.3, 0.4) is 0 Å². The topological polar surface area (TPSA) is 123 Å². The lowest BCUT2D eigenvalue weighted by molar-refractivity contribution is -0.123. The van der Waals surface area contributed by atoms with E-state index in [0.29, 0.717) is 47.6 Å². The Morgan fingerprint density at radius 3 is 2.18 bits per heavy atom. The number of Topliss-reactive ketones (excluding diaryl/α,β-unsaturated/α-hetero) is 1. The summed E-state index contributed by atoms with van der Waals surface area (Å²) in [7, 11) is 2.84. The van der Waals surface area contributed by atoms with Crippen LogP contribution >= 0.6 is 0 Å². The number of amides is 2. The summed E-state index contributed by atoms with van der Waals surface area (Å²) in [4.78, 5) is 58.7. The summed E-state index contributed by atoms with van der Waals surface area (Å²) in [5.74, 6) is -3.37. The highest BCUT2D eigenvalue weighted by Gasteiger charge is 2.56. The van der Waals surface area contributed by atoms with E-state index in [0.717, 1.165) is 24.4 Å². The van der Waals surface area contributed by atoms with E-state index in [1.165, 1.54) is 25.2 Å². The third-order valence-electron chi connectivity index (χ3n) is 9.88. The third kappa shape index (κ3) is 4.49. The van der Waals surface area contributed by atoms with Gasteiger partial charge in [-0.3, -0.25) is 24.1 Å². The van der Waals surface area contributed by atoms with Crippen molar-refractivity contribution in [3.8, 4) is 17.2 Å². The van der Waals surface area contributed by atoms with Crippen molar-refractivity contribution < 1.29 is 38.5 Å². The minimum atomic E-state index is -0.691. The molecule has 0 bridgehead atoms. The lowest BCUT2D eigenvalue weighted by atomic mass is 9.59. The van der Waals surface area contributed by atoms with Gasteiger partial charge >= 0.3 is 0 Å². The molecule has 2 aromatic rings. The van der Waals surface area contributed by atoms with Crippen LogP contribution in [0.15, 0.2) is 70.8 Å². The minimum Gasteiger partial charge on any atom is -0.502 e. The molecule has 0 aromatic heterocycles. The fourth-order valence-electron chi connectivity index (χ4n) is 7.71. The first-order chi connectivity index (χ1) is 21.7. The van der Waals surface area contributed by atoms with Gasteiger partial charge in [-0.05, 0) is 73.7 Å². The number of carbonyl (C=O) groups excluding carboxylic acids is 4. The van der Waals surface area contributed by atoms with Crippen molar-refractivity contribution in [2.75, 3.05) is 50.3 Å². The van der Waals surface area contributed by atoms with E-state index >= 15 is 0 Å². The number of methoxy groups -OCH3 is 2. The molecule has 1 N–H and O–H groups in total. The number of allylic oxidation sites excluding steroid dienone is 6. The maximum absolute atomic E-state index is 14.2. The Labute approximate surface area is 260 Å². The lowest BCUT2D eigenvalue weighted by Gasteiger charge is -2.42. The number of ketones is 2. The molecule has 0 radical (unpaired) electrons. The molecule has 5 aliphatic rings. The second kappa shape index (κ2) is 11.0. The number of anilines is 2. The molecule has 232 valence electrons. The number of phenolic OH excluding ortho intramolecular Hbond substituents is 1. The average Bonchev–Trinajstić information content (AvgIpc) is 3.32. The van der Waals surface area contributed by atoms with Crippen LogP contribution in [-0.2, 0) is 23.9 Å². The number of aromatic hydroxyl groups is 1. The van der Waals surface area contributed by atoms with Gasteiger partial charge in [-0.1, -0.05) is 11.6 Å². The van der Waals surface area contributed by atoms with Crippen LogP contribution in [0, 0.1) is 17.8 Å². The molecular formula is C35H34N2O8. The molecule has 45 heavy (non-hydrogen) atoms. The Kier molecular flexibility index (Phi) is 7.12. The number of imide groups is 1. The van der Waals surface area contributed by atoms with Crippen LogP contribution in [0.5, 0.6) is 17.2 Å². The second-order valence-electron chi connectivity index (χ2n) is 12.1. The molecule has 10 heteroatoms. The molecular weight excluding hydrogens is 576 g/mol. The zero-order valence-electron chi connectivity index (χ0n) is 25.4. The third-order valence-corrected chi connectivity index (χ3v) is 9.88. The summed E-state index contributed by atoms with van der Waals surface area (Å²) in [6.07, 6.45) is 3.83. The lowest BCUT2D eigenvalue weighted by Crippen LogP contribution is -2.39. The standard InChI is InChI=1S/C35H34N2O8/c1-18-14-26(38)25-17-24-22(29(31(25)32(18)39)19-15-27(43-2)33(40)28(16-19)44-3)8-9-23-30(24)35(42)37(34(23)41)21-6-4-20(5-7-21)36-10-12-45-13-11-36/h4-8,14-16,23-24,29-30,40H,9-13,17H2,1-3H3. The number of hydrogen-bond donors (Lipinski definition) is 1. The summed E-state index contributed by atoms with van der Waals surface area (Å²) in [5, 5.41) is 10.6. The zero-order valence-corrected chi connectivity index (χ0v) is 25.4. The Hall–Kier alpha value is -4.70. The van der Waals surface area contributed by atoms with E-state index in [1.807, 2.05) is 30.3 Å². The first kappa shape index (κ1) is 29.0. The van der Waals surface area contributed by atoms with E-state index < -0.39 is 23.7 Å². The molecule has 0 spiro atoms. The first-order valence-corrected chi connectivity index (χ1v) is 15.2. The highest BCUT2D eigenvalue weighted by Crippen LogP contribution is 2.56. The summed E-state index contributed by atoms with van der Waals surface area (Å²) in [6, 6.07) is 10.7. The summed E-state index contributed by atoms with van der Waals surface area (Å²) in [5.41, 5.74) is 3.98. The number of nitrogens with zero attached hydrogens (tertiary/aromatic N) is 2. The van der Waals surface area contributed by atoms with Gasteiger partial charge in [-0.15, -0.1) is 0 Å². The summed E-state index contributed by atoms with van der Waals surface area (Å²) < 4.78 is 16.3. The number of carbonyl (C=O) groups is 4. The summed E-state index contributed by atoms with van der Waals surface area (Å²) in [6.45, 7) is 4.47.